The number of hydrogen-bond acceptors (Lipinski definition) is 3. The van der Waals surface area contributed by atoms with E-state index < -0.39 is 0 Å². The highest BCUT2D eigenvalue weighted by Crippen LogP contribution is 2.13. The van der Waals surface area contributed by atoms with E-state index in [2.05, 4.69) is 4.98 Å². The van der Waals surface area contributed by atoms with Crippen molar-refractivity contribution in [2.75, 3.05) is 0 Å². The number of carbonyl (C=O) groups is 1. The lowest BCUT2D eigenvalue weighted by molar-refractivity contribution is 0.103. The van der Waals surface area contributed by atoms with E-state index in [9.17, 15) is 4.79 Å². The first-order chi connectivity index (χ1) is 7.18. The molecular formula is C11H10N2O2. The smallest absolute Gasteiger partial charge is 0.211 e. The van der Waals surface area contributed by atoms with Crippen molar-refractivity contribution in [3.05, 3.63) is 48.0 Å². The minimum Gasteiger partial charge on any atom is -0.508 e. The number of aryl methyl sites for hydroxylation is 1. The van der Waals surface area contributed by atoms with E-state index in [1.165, 1.54) is 18.3 Å². The number of imidazole rings is 1. The van der Waals surface area contributed by atoms with Gasteiger partial charge in [0.1, 0.15) is 11.4 Å². The summed E-state index contributed by atoms with van der Waals surface area (Å²) in [4.78, 5) is 15.8. The van der Waals surface area contributed by atoms with Gasteiger partial charge < -0.3 is 9.67 Å². The SMILES string of the molecule is Cn1cncc1C(=O)c1ccc(O)cc1. The van der Waals surface area contributed by atoms with Crippen molar-refractivity contribution < 1.29 is 9.90 Å². The van der Waals surface area contributed by atoms with Crippen molar-refractivity contribution in [1.82, 2.24) is 9.55 Å². The van der Waals surface area contributed by atoms with Gasteiger partial charge >= 0.3 is 0 Å². The second-order valence-electron chi connectivity index (χ2n) is 3.27. The number of carbonyl (C=O) groups excluding carboxylic acids is 1. The van der Waals surface area contributed by atoms with Crippen LogP contribution in [-0.4, -0.2) is 20.4 Å². The molecule has 0 unspecified atom stereocenters. The summed E-state index contributed by atoms with van der Waals surface area (Å²) in [5.74, 6) is 0.0477. The van der Waals surface area contributed by atoms with E-state index in [1.54, 1.807) is 30.1 Å². The van der Waals surface area contributed by atoms with E-state index in [-0.39, 0.29) is 11.5 Å². The monoisotopic (exact) mass is 202 g/mol. The number of phenols is 1. The van der Waals surface area contributed by atoms with Crippen molar-refractivity contribution in [3.63, 3.8) is 0 Å². The Morgan fingerprint density at radius 2 is 2.00 bits per heavy atom. The quantitative estimate of drug-likeness (QED) is 0.748. The molecule has 0 radical (unpaired) electrons. The van der Waals surface area contributed by atoms with Gasteiger partial charge in [0.2, 0.25) is 5.78 Å². The second kappa shape index (κ2) is 3.57. The molecule has 0 fully saturated rings. The van der Waals surface area contributed by atoms with Crippen LogP contribution >= 0.6 is 0 Å². The molecule has 1 aromatic heterocycles. The number of hydrogen-bond donors (Lipinski definition) is 1. The van der Waals surface area contributed by atoms with Crippen molar-refractivity contribution in [2.45, 2.75) is 0 Å². The summed E-state index contributed by atoms with van der Waals surface area (Å²) in [5.41, 5.74) is 1.07. The summed E-state index contributed by atoms with van der Waals surface area (Å²) in [5, 5.41) is 9.09. The molecular weight excluding hydrogens is 192 g/mol. The maximum absolute atomic E-state index is 11.9. The van der Waals surface area contributed by atoms with Gasteiger partial charge in [0.05, 0.1) is 12.5 Å². The third kappa shape index (κ3) is 1.74. The summed E-state index contributed by atoms with van der Waals surface area (Å²) < 4.78 is 1.66. The van der Waals surface area contributed by atoms with Crippen LogP contribution in [0.4, 0.5) is 0 Å². The third-order valence-corrected chi connectivity index (χ3v) is 2.18. The Balaban J connectivity index is 2.37. The van der Waals surface area contributed by atoms with Gasteiger partial charge in [0.15, 0.2) is 0 Å². The van der Waals surface area contributed by atoms with Gasteiger partial charge in [-0.25, -0.2) is 4.98 Å². The molecule has 0 aliphatic carbocycles. The highest BCUT2D eigenvalue weighted by atomic mass is 16.3. The number of phenolic OH excluding ortho intramolecular Hbond substituents is 1. The van der Waals surface area contributed by atoms with E-state index in [0.717, 1.165) is 0 Å². The zero-order valence-corrected chi connectivity index (χ0v) is 8.21. The Labute approximate surface area is 86.8 Å². The van der Waals surface area contributed by atoms with Crippen molar-refractivity contribution in [2.24, 2.45) is 7.05 Å². The first-order valence-corrected chi connectivity index (χ1v) is 4.48. The number of rotatable bonds is 2. The molecule has 2 rings (SSSR count). The van der Waals surface area contributed by atoms with Crippen LogP contribution in [0.15, 0.2) is 36.8 Å². The molecule has 1 aromatic carbocycles. The lowest BCUT2D eigenvalue weighted by atomic mass is 10.1. The van der Waals surface area contributed by atoms with Gasteiger partial charge in [0.25, 0.3) is 0 Å². The maximum Gasteiger partial charge on any atom is 0.211 e. The number of ketones is 1. The Bertz CT molecular complexity index is 486. The van der Waals surface area contributed by atoms with Crippen molar-refractivity contribution >= 4 is 5.78 Å². The van der Waals surface area contributed by atoms with E-state index in [0.29, 0.717) is 11.3 Å². The molecule has 0 saturated carbocycles. The first-order valence-electron chi connectivity index (χ1n) is 4.48. The Morgan fingerprint density at radius 1 is 1.33 bits per heavy atom. The van der Waals surface area contributed by atoms with E-state index in [1.807, 2.05) is 0 Å². The first kappa shape index (κ1) is 9.45. The molecule has 76 valence electrons. The van der Waals surface area contributed by atoms with Crippen molar-refractivity contribution in [3.8, 4) is 5.75 Å². The van der Waals surface area contributed by atoms with Crippen LogP contribution in [0.5, 0.6) is 5.75 Å². The lowest BCUT2D eigenvalue weighted by Crippen LogP contribution is -2.06. The standard InChI is InChI=1S/C11H10N2O2/c1-13-7-12-6-10(13)11(15)8-2-4-9(14)5-3-8/h2-7,14H,1H3. The van der Waals surface area contributed by atoms with E-state index in [4.69, 9.17) is 5.11 Å². The summed E-state index contributed by atoms with van der Waals surface area (Å²) in [7, 11) is 1.76. The zero-order valence-electron chi connectivity index (χ0n) is 8.21. The molecule has 0 spiro atoms. The van der Waals surface area contributed by atoms with Crippen LogP contribution in [0.3, 0.4) is 0 Å². The van der Waals surface area contributed by atoms with Crippen LogP contribution in [0.1, 0.15) is 16.1 Å². The minimum atomic E-state index is -0.102. The molecule has 1 heterocycles. The molecule has 0 aliphatic rings. The highest BCUT2D eigenvalue weighted by molar-refractivity contribution is 6.07. The Hall–Kier alpha value is -2.10. The number of aromatic hydroxyl groups is 1. The van der Waals surface area contributed by atoms with Gasteiger partial charge in [-0.05, 0) is 24.3 Å². The molecule has 0 atom stereocenters. The molecule has 4 heteroatoms. The third-order valence-electron chi connectivity index (χ3n) is 2.18. The van der Waals surface area contributed by atoms with Gasteiger partial charge in [-0.2, -0.15) is 0 Å². The van der Waals surface area contributed by atoms with Crippen molar-refractivity contribution in [1.29, 1.82) is 0 Å². The molecule has 0 saturated heterocycles. The Morgan fingerprint density at radius 3 is 2.53 bits per heavy atom. The fourth-order valence-electron chi connectivity index (χ4n) is 1.34. The number of benzene rings is 1. The molecule has 0 aliphatic heterocycles. The van der Waals surface area contributed by atoms with Gasteiger partial charge in [-0.3, -0.25) is 4.79 Å². The lowest BCUT2D eigenvalue weighted by Gasteiger charge is -2.01. The van der Waals surface area contributed by atoms with Gasteiger partial charge in [0, 0.05) is 12.6 Å². The summed E-state index contributed by atoms with van der Waals surface area (Å²) in [6.45, 7) is 0. The predicted octanol–water partition coefficient (Wildman–Crippen LogP) is 1.36. The normalized spacial score (nSPS) is 10.2. The second-order valence-corrected chi connectivity index (χ2v) is 3.27. The summed E-state index contributed by atoms with van der Waals surface area (Å²) in [6, 6.07) is 6.16. The van der Waals surface area contributed by atoms with Gasteiger partial charge in [-0.1, -0.05) is 0 Å². The molecule has 1 N–H and O–H groups in total. The largest absolute Gasteiger partial charge is 0.508 e. The number of aromatic nitrogens is 2. The molecule has 2 aromatic rings. The van der Waals surface area contributed by atoms with Crippen LogP contribution in [0.25, 0.3) is 0 Å². The maximum atomic E-state index is 11.9. The van der Waals surface area contributed by atoms with Crippen LogP contribution < -0.4 is 0 Å². The topological polar surface area (TPSA) is 55.1 Å². The van der Waals surface area contributed by atoms with Crippen LogP contribution in [-0.2, 0) is 7.05 Å². The average molecular weight is 202 g/mol. The number of nitrogens with zero attached hydrogens (tertiary/aromatic N) is 2. The fourth-order valence-corrected chi connectivity index (χ4v) is 1.34. The minimum absolute atomic E-state index is 0.102. The predicted molar refractivity (Wildman–Crippen MR) is 54.7 cm³/mol. The average Bonchev–Trinajstić information content (AvgIpc) is 2.65. The highest BCUT2D eigenvalue weighted by Gasteiger charge is 2.11. The Kier molecular flexibility index (Phi) is 2.25. The summed E-state index contributed by atoms with van der Waals surface area (Å²) in [6.07, 6.45) is 3.10. The van der Waals surface area contributed by atoms with E-state index >= 15 is 0 Å². The molecule has 0 bridgehead atoms. The molecule has 0 amide bonds. The van der Waals surface area contributed by atoms with Crippen LogP contribution in [0.2, 0.25) is 0 Å². The molecule has 4 nitrogen and oxygen atoms in total. The fraction of sp³-hybridized carbons (Fsp3) is 0.0909. The zero-order chi connectivity index (χ0) is 10.8. The van der Waals surface area contributed by atoms with Crippen LogP contribution in [0, 0.1) is 0 Å². The summed E-state index contributed by atoms with van der Waals surface area (Å²) >= 11 is 0. The van der Waals surface area contributed by atoms with Gasteiger partial charge in [-0.15, -0.1) is 0 Å². The molecule has 15 heavy (non-hydrogen) atoms.